The molecule has 0 spiro atoms. The second-order valence-corrected chi connectivity index (χ2v) is 4.90. The van der Waals surface area contributed by atoms with Gasteiger partial charge in [0.1, 0.15) is 0 Å². The minimum Gasteiger partial charge on any atom is -0.494 e. The number of hydrogen-bond acceptors (Lipinski definition) is 2. The first-order valence-corrected chi connectivity index (χ1v) is 7.13. The number of hydrogen-bond donors (Lipinski definition) is 2. The fraction of sp³-hybridized carbons (Fsp3) is 0.667. The summed E-state index contributed by atoms with van der Waals surface area (Å²) in [5.74, 6) is 0.0742. The molecule has 1 heterocycles. The van der Waals surface area contributed by atoms with Crippen molar-refractivity contribution in [2.24, 2.45) is 0 Å². The van der Waals surface area contributed by atoms with Gasteiger partial charge in [-0.25, -0.2) is 0 Å². The first kappa shape index (κ1) is 14.8. The Hall–Kier alpha value is -1.25. The van der Waals surface area contributed by atoms with E-state index < -0.39 is 0 Å². The van der Waals surface area contributed by atoms with Crippen LogP contribution in [0, 0.1) is 0 Å². The molecule has 3 heteroatoms. The smallest absolute Gasteiger partial charge is 0.250 e. The van der Waals surface area contributed by atoms with E-state index in [1.54, 1.807) is 6.07 Å². The number of unbranched alkanes of at least 4 members (excludes halogenated alkanes) is 4. The monoisotopic (exact) mass is 251 g/mol. The molecule has 0 atom stereocenters. The first-order chi connectivity index (χ1) is 8.69. The molecule has 102 valence electrons. The Labute approximate surface area is 109 Å². The molecule has 1 rings (SSSR count). The fourth-order valence-electron chi connectivity index (χ4n) is 2.24. The standard InChI is InChI=1S/C15H25NO2/c1-3-5-7-9-12-11-14(17)16-15(18)13(12)10-8-6-4-2/h11H,3-10H2,1-2H3,(H2,16,17,18). The zero-order chi connectivity index (χ0) is 13.4. The normalized spacial score (nSPS) is 10.8. The Kier molecular flexibility index (Phi) is 6.55. The molecule has 0 aliphatic carbocycles. The van der Waals surface area contributed by atoms with Crippen LogP contribution in [0.25, 0.3) is 0 Å². The average Bonchev–Trinajstić information content (AvgIpc) is 2.32. The molecule has 0 saturated heterocycles. The van der Waals surface area contributed by atoms with E-state index in [-0.39, 0.29) is 11.4 Å². The van der Waals surface area contributed by atoms with Crippen LogP contribution in [0.4, 0.5) is 0 Å². The van der Waals surface area contributed by atoms with E-state index in [2.05, 4.69) is 18.8 Å². The summed E-state index contributed by atoms with van der Waals surface area (Å²) in [5.41, 5.74) is 1.78. The summed E-state index contributed by atoms with van der Waals surface area (Å²) in [6, 6.07) is 1.65. The van der Waals surface area contributed by atoms with Gasteiger partial charge >= 0.3 is 0 Å². The fourth-order valence-corrected chi connectivity index (χ4v) is 2.24. The van der Waals surface area contributed by atoms with Crippen LogP contribution in [0.2, 0.25) is 0 Å². The molecule has 18 heavy (non-hydrogen) atoms. The number of aromatic amines is 1. The van der Waals surface area contributed by atoms with Gasteiger partial charge in [0.2, 0.25) is 0 Å². The summed E-state index contributed by atoms with van der Waals surface area (Å²) in [4.78, 5) is 13.9. The van der Waals surface area contributed by atoms with Gasteiger partial charge in [-0.15, -0.1) is 0 Å². The predicted molar refractivity (Wildman–Crippen MR) is 75.2 cm³/mol. The maximum absolute atomic E-state index is 11.4. The zero-order valence-corrected chi connectivity index (χ0v) is 11.6. The average molecular weight is 251 g/mol. The van der Waals surface area contributed by atoms with Crippen molar-refractivity contribution in [2.75, 3.05) is 0 Å². The maximum Gasteiger partial charge on any atom is 0.250 e. The molecule has 0 aliphatic rings. The second kappa shape index (κ2) is 7.96. The lowest BCUT2D eigenvalue weighted by Crippen LogP contribution is -2.09. The Morgan fingerprint density at radius 3 is 2.28 bits per heavy atom. The van der Waals surface area contributed by atoms with Crippen molar-refractivity contribution >= 4 is 0 Å². The molecule has 0 amide bonds. The molecule has 0 aliphatic heterocycles. The van der Waals surface area contributed by atoms with Crippen molar-refractivity contribution in [1.82, 2.24) is 4.98 Å². The minimum atomic E-state index is -0.196. The lowest BCUT2D eigenvalue weighted by Gasteiger charge is -2.10. The molecule has 0 bridgehead atoms. The van der Waals surface area contributed by atoms with Gasteiger partial charge in [0.25, 0.3) is 5.56 Å². The largest absolute Gasteiger partial charge is 0.494 e. The number of aryl methyl sites for hydroxylation is 1. The zero-order valence-electron chi connectivity index (χ0n) is 11.6. The Morgan fingerprint density at radius 2 is 1.67 bits per heavy atom. The molecule has 3 nitrogen and oxygen atoms in total. The molecular formula is C15H25NO2. The molecule has 0 saturated carbocycles. The third kappa shape index (κ3) is 4.55. The van der Waals surface area contributed by atoms with Gasteiger partial charge in [0.15, 0.2) is 5.88 Å². The van der Waals surface area contributed by atoms with Crippen LogP contribution in [-0.4, -0.2) is 10.1 Å². The Balaban J connectivity index is 2.79. The van der Waals surface area contributed by atoms with E-state index >= 15 is 0 Å². The lowest BCUT2D eigenvalue weighted by atomic mass is 9.98. The highest BCUT2D eigenvalue weighted by Gasteiger charge is 2.09. The summed E-state index contributed by atoms with van der Waals surface area (Å²) in [7, 11) is 0. The molecular weight excluding hydrogens is 226 g/mol. The molecule has 0 unspecified atom stereocenters. The highest BCUT2D eigenvalue weighted by Crippen LogP contribution is 2.21. The van der Waals surface area contributed by atoms with Gasteiger partial charge in [0, 0.05) is 11.6 Å². The predicted octanol–water partition coefficient (Wildman–Crippen LogP) is 3.55. The van der Waals surface area contributed by atoms with E-state index in [0.717, 1.165) is 49.7 Å². The van der Waals surface area contributed by atoms with Gasteiger partial charge in [-0.1, -0.05) is 39.5 Å². The number of aromatic nitrogens is 1. The van der Waals surface area contributed by atoms with Crippen molar-refractivity contribution in [1.29, 1.82) is 0 Å². The molecule has 2 N–H and O–H groups in total. The van der Waals surface area contributed by atoms with E-state index in [9.17, 15) is 9.90 Å². The summed E-state index contributed by atoms with van der Waals surface area (Å²) in [6.07, 6.45) is 8.56. The second-order valence-electron chi connectivity index (χ2n) is 4.90. The van der Waals surface area contributed by atoms with Crippen LogP contribution in [-0.2, 0) is 12.8 Å². The van der Waals surface area contributed by atoms with Crippen molar-refractivity contribution < 1.29 is 5.11 Å². The Morgan fingerprint density at radius 1 is 1.06 bits per heavy atom. The van der Waals surface area contributed by atoms with E-state index in [4.69, 9.17) is 0 Å². The van der Waals surface area contributed by atoms with Gasteiger partial charge in [-0.05, 0) is 31.2 Å². The summed E-state index contributed by atoms with van der Waals surface area (Å²) >= 11 is 0. The van der Waals surface area contributed by atoms with E-state index in [0.29, 0.717) is 0 Å². The SMILES string of the molecule is CCCCCc1cc(=O)[nH]c(O)c1CCCCC. The number of rotatable bonds is 8. The van der Waals surface area contributed by atoms with Gasteiger partial charge < -0.3 is 5.11 Å². The third-order valence-corrected chi connectivity index (χ3v) is 3.30. The first-order valence-electron chi connectivity index (χ1n) is 7.13. The summed E-state index contributed by atoms with van der Waals surface area (Å²) in [6.45, 7) is 4.33. The van der Waals surface area contributed by atoms with Crippen LogP contribution >= 0.6 is 0 Å². The molecule has 0 radical (unpaired) electrons. The highest BCUT2D eigenvalue weighted by molar-refractivity contribution is 5.33. The van der Waals surface area contributed by atoms with E-state index in [1.807, 2.05) is 0 Å². The highest BCUT2D eigenvalue weighted by atomic mass is 16.3. The van der Waals surface area contributed by atoms with Crippen molar-refractivity contribution in [3.63, 3.8) is 0 Å². The van der Waals surface area contributed by atoms with E-state index in [1.165, 1.54) is 12.8 Å². The van der Waals surface area contributed by atoms with Gasteiger partial charge in [0.05, 0.1) is 0 Å². The van der Waals surface area contributed by atoms with Crippen molar-refractivity contribution in [3.05, 3.63) is 27.5 Å². The summed E-state index contributed by atoms with van der Waals surface area (Å²) < 4.78 is 0. The number of nitrogens with one attached hydrogen (secondary N) is 1. The van der Waals surface area contributed by atoms with Crippen LogP contribution in [0.3, 0.4) is 0 Å². The number of H-pyrrole nitrogens is 1. The number of aromatic hydroxyl groups is 1. The maximum atomic E-state index is 11.4. The number of pyridine rings is 1. The summed E-state index contributed by atoms with van der Waals surface area (Å²) in [5, 5.41) is 9.87. The van der Waals surface area contributed by atoms with Crippen LogP contribution in [0.5, 0.6) is 5.88 Å². The minimum absolute atomic E-state index is 0.0742. The molecule has 1 aromatic heterocycles. The molecule has 1 aromatic rings. The molecule has 0 fully saturated rings. The van der Waals surface area contributed by atoms with Crippen LogP contribution in [0.1, 0.15) is 63.5 Å². The van der Waals surface area contributed by atoms with Crippen LogP contribution in [0.15, 0.2) is 10.9 Å². The van der Waals surface area contributed by atoms with Crippen LogP contribution < -0.4 is 5.56 Å². The Bertz CT molecular complexity index is 409. The topological polar surface area (TPSA) is 53.1 Å². The van der Waals surface area contributed by atoms with Gasteiger partial charge in [-0.2, -0.15) is 0 Å². The van der Waals surface area contributed by atoms with Crippen molar-refractivity contribution in [2.45, 2.75) is 65.2 Å². The lowest BCUT2D eigenvalue weighted by molar-refractivity contribution is 0.441. The third-order valence-electron chi connectivity index (χ3n) is 3.30. The van der Waals surface area contributed by atoms with Gasteiger partial charge in [-0.3, -0.25) is 9.78 Å². The molecule has 0 aromatic carbocycles. The van der Waals surface area contributed by atoms with Crippen molar-refractivity contribution in [3.8, 4) is 5.88 Å². The quantitative estimate of drug-likeness (QED) is 0.694.